The van der Waals surface area contributed by atoms with Gasteiger partial charge >= 0.3 is 12.1 Å². The van der Waals surface area contributed by atoms with Crippen LogP contribution in [0.5, 0.6) is 0 Å². The first kappa shape index (κ1) is 18.3. The lowest BCUT2D eigenvalue weighted by Gasteiger charge is -2.21. The number of hydrogen-bond donors (Lipinski definition) is 2. The second-order valence-electron chi connectivity index (χ2n) is 5.72. The Balaban J connectivity index is 2.35. The molecule has 1 aromatic rings. The van der Waals surface area contributed by atoms with Crippen molar-refractivity contribution in [1.29, 1.82) is 0 Å². The van der Waals surface area contributed by atoms with Crippen LogP contribution in [-0.2, 0) is 16.0 Å². The second-order valence-corrected chi connectivity index (χ2v) is 6.87. The molecule has 0 aliphatic carbocycles. The summed E-state index contributed by atoms with van der Waals surface area (Å²) >= 11 is 1.47. The molecule has 0 radical (unpaired) electrons. The molecular weight excluding hydrogens is 304 g/mol. The van der Waals surface area contributed by atoms with Gasteiger partial charge in [0, 0.05) is 18.1 Å². The summed E-state index contributed by atoms with van der Waals surface area (Å²) in [6.45, 7) is 5.18. The summed E-state index contributed by atoms with van der Waals surface area (Å²) in [6.07, 6.45) is 3.56. The van der Waals surface area contributed by atoms with Crippen LogP contribution in [0.4, 0.5) is 4.79 Å². The van der Waals surface area contributed by atoms with Crippen molar-refractivity contribution >= 4 is 23.8 Å². The highest BCUT2D eigenvalue weighted by Gasteiger charge is 2.23. The first-order valence-electron chi connectivity index (χ1n) is 6.97. The van der Waals surface area contributed by atoms with Crippen molar-refractivity contribution < 1.29 is 19.4 Å². The Morgan fingerprint density at radius 2 is 2.00 bits per heavy atom. The normalized spacial score (nSPS) is 12.5. The Morgan fingerprint density at radius 1 is 1.36 bits per heavy atom. The molecule has 0 spiro atoms. The van der Waals surface area contributed by atoms with Crippen molar-refractivity contribution in [2.24, 2.45) is 0 Å². The highest BCUT2D eigenvalue weighted by Crippen LogP contribution is 2.10. The van der Waals surface area contributed by atoms with Crippen LogP contribution in [0.1, 0.15) is 26.3 Å². The van der Waals surface area contributed by atoms with Crippen LogP contribution < -0.4 is 5.32 Å². The van der Waals surface area contributed by atoms with Gasteiger partial charge in [-0.25, -0.2) is 9.59 Å². The summed E-state index contributed by atoms with van der Waals surface area (Å²) in [5.74, 6) is -0.00836. The van der Waals surface area contributed by atoms with Crippen LogP contribution >= 0.6 is 11.8 Å². The van der Waals surface area contributed by atoms with Crippen molar-refractivity contribution in [2.45, 2.75) is 38.8 Å². The van der Waals surface area contributed by atoms with Gasteiger partial charge in [-0.3, -0.25) is 4.98 Å². The SMILES string of the molecule is CC(C)(C)OC(=O)NC(CSCCc1ccncc1)C(=O)O. The van der Waals surface area contributed by atoms with E-state index in [1.165, 1.54) is 11.8 Å². The number of pyridine rings is 1. The number of alkyl carbamates (subject to hydrolysis) is 1. The van der Waals surface area contributed by atoms with Crippen molar-refractivity contribution in [3.05, 3.63) is 30.1 Å². The van der Waals surface area contributed by atoms with Gasteiger partial charge in [0.05, 0.1) is 0 Å². The van der Waals surface area contributed by atoms with Crippen LogP contribution in [0.3, 0.4) is 0 Å². The average Bonchev–Trinajstić information content (AvgIpc) is 2.41. The molecule has 0 saturated carbocycles. The molecule has 22 heavy (non-hydrogen) atoms. The predicted molar refractivity (Wildman–Crippen MR) is 86.1 cm³/mol. The van der Waals surface area contributed by atoms with Gasteiger partial charge in [-0.15, -0.1) is 0 Å². The maximum Gasteiger partial charge on any atom is 0.408 e. The zero-order chi connectivity index (χ0) is 16.6. The molecule has 1 aromatic heterocycles. The zero-order valence-corrected chi connectivity index (χ0v) is 13.9. The summed E-state index contributed by atoms with van der Waals surface area (Å²) in [6, 6.07) is 2.89. The number of aryl methyl sites for hydroxylation is 1. The number of carboxylic acids is 1. The lowest BCUT2D eigenvalue weighted by molar-refractivity contribution is -0.138. The van der Waals surface area contributed by atoms with Crippen LogP contribution in [0.25, 0.3) is 0 Å². The van der Waals surface area contributed by atoms with E-state index >= 15 is 0 Å². The van der Waals surface area contributed by atoms with E-state index in [0.717, 1.165) is 17.7 Å². The van der Waals surface area contributed by atoms with Gasteiger partial charge in [-0.2, -0.15) is 11.8 Å². The third kappa shape index (κ3) is 7.87. The van der Waals surface area contributed by atoms with Gasteiger partial charge in [0.25, 0.3) is 0 Å². The van der Waals surface area contributed by atoms with Gasteiger partial charge in [-0.05, 0) is 50.6 Å². The topological polar surface area (TPSA) is 88.5 Å². The molecule has 1 rings (SSSR count). The third-order valence-corrected chi connectivity index (χ3v) is 3.62. The van der Waals surface area contributed by atoms with E-state index in [2.05, 4.69) is 10.3 Å². The number of aliphatic carboxylic acids is 1. The molecular formula is C15H22N2O4S. The molecule has 1 unspecified atom stereocenters. The monoisotopic (exact) mass is 326 g/mol. The molecule has 0 aliphatic heterocycles. The molecule has 0 saturated heterocycles. The average molecular weight is 326 g/mol. The minimum Gasteiger partial charge on any atom is -0.480 e. The van der Waals surface area contributed by atoms with Gasteiger partial charge < -0.3 is 15.2 Å². The minimum absolute atomic E-state index is 0.291. The molecule has 7 heteroatoms. The summed E-state index contributed by atoms with van der Waals surface area (Å²) < 4.78 is 5.06. The number of carbonyl (C=O) groups excluding carboxylic acids is 1. The van der Waals surface area contributed by atoms with Crippen molar-refractivity contribution in [2.75, 3.05) is 11.5 Å². The summed E-state index contributed by atoms with van der Waals surface area (Å²) in [7, 11) is 0. The minimum atomic E-state index is -1.07. The number of nitrogens with one attached hydrogen (secondary N) is 1. The summed E-state index contributed by atoms with van der Waals surface area (Å²) in [4.78, 5) is 26.7. The molecule has 0 bridgehead atoms. The van der Waals surface area contributed by atoms with E-state index in [4.69, 9.17) is 9.84 Å². The fourth-order valence-corrected chi connectivity index (χ4v) is 2.57. The lowest BCUT2D eigenvalue weighted by Crippen LogP contribution is -2.45. The number of carbonyl (C=O) groups is 2. The molecule has 1 heterocycles. The highest BCUT2D eigenvalue weighted by molar-refractivity contribution is 7.99. The van der Waals surface area contributed by atoms with Crippen molar-refractivity contribution in [3.8, 4) is 0 Å². The molecule has 2 N–H and O–H groups in total. The van der Waals surface area contributed by atoms with Gasteiger partial charge in [0.1, 0.15) is 11.6 Å². The fraction of sp³-hybridized carbons (Fsp3) is 0.533. The Kier molecular flexibility index (Phi) is 7.17. The van der Waals surface area contributed by atoms with Crippen LogP contribution in [-0.4, -0.2) is 45.3 Å². The molecule has 122 valence electrons. The van der Waals surface area contributed by atoms with Gasteiger partial charge in [-0.1, -0.05) is 0 Å². The largest absolute Gasteiger partial charge is 0.480 e. The van der Waals surface area contributed by atoms with Gasteiger partial charge in [0.15, 0.2) is 0 Å². The zero-order valence-electron chi connectivity index (χ0n) is 13.0. The maximum absolute atomic E-state index is 11.6. The summed E-state index contributed by atoms with van der Waals surface area (Å²) in [5.41, 5.74) is 0.496. The van der Waals surface area contributed by atoms with Crippen LogP contribution in [0, 0.1) is 0 Å². The van der Waals surface area contributed by atoms with Crippen LogP contribution in [0.15, 0.2) is 24.5 Å². The standard InChI is InChI=1S/C15H22N2O4S/c1-15(2,3)21-14(20)17-12(13(18)19)10-22-9-6-11-4-7-16-8-5-11/h4-5,7-8,12H,6,9-10H2,1-3H3,(H,17,20)(H,18,19). The third-order valence-electron chi connectivity index (χ3n) is 2.56. The second kappa shape index (κ2) is 8.63. The van der Waals surface area contributed by atoms with E-state index in [1.807, 2.05) is 12.1 Å². The van der Waals surface area contributed by atoms with E-state index in [-0.39, 0.29) is 0 Å². The predicted octanol–water partition coefficient (Wildman–Crippen LogP) is 2.34. The van der Waals surface area contributed by atoms with Gasteiger partial charge in [0.2, 0.25) is 0 Å². The summed E-state index contributed by atoms with van der Waals surface area (Å²) in [5, 5.41) is 11.5. The molecule has 0 fully saturated rings. The number of thioether (sulfide) groups is 1. The molecule has 1 amide bonds. The Labute approximate surface area is 134 Å². The number of rotatable bonds is 7. The number of aromatic nitrogens is 1. The Hall–Kier alpha value is -1.76. The number of carboxylic acid groups (broad SMARTS) is 1. The van der Waals surface area contributed by atoms with E-state index in [0.29, 0.717) is 5.75 Å². The first-order valence-corrected chi connectivity index (χ1v) is 8.12. The van der Waals surface area contributed by atoms with E-state index < -0.39 is 23.7 Å². The Bertz CT molecular complexity index is 488. The number of ether oxygens (including phenoxy) is 1. The highest BCUT2D eigenvalue weighted by atomic mass is 32.2. The van der Waals surface area contributed by atoms with E-state index in [1.54, 1.807) is 33.2 Å². The Morgan fingerprint density at radius 3 is 2.55 bits per heavy atom. The lowest BCUT2D eigenvalue weighted by atomic mass is 10.2. The molecule has 1 atom stereocenters. The number of nitrogens with zero attached hydrogens (tertiary/aromatic N) is 1. The van der Waals surface area contributed by atoms with Crippen molar-refractivity contribution in [1.82, 2.24) is 10.3 Å². The van der Waals surface area contributed by atoms with Crippen molar-refractivity contribution in [3.63, 3.8) is 0 Å². The maximum atomic E-state index is 11.6. The number of hydrogen-bond acceptors (Lipinski definition) is 5. The smallest absolute Gasteiger partial charge is 0.408 e. The molecule has 6 nitrogen and oxygen atoms in total. The molecule has 0 aliphatic rings. The quantitative estimate of drug-likeness (QED) is 0.748. The fourth-order valence-electron chi connectivity index (χ4n) is 1.57. The first-order chi connectivity index (χ1) is 10.3. The molecule has 0 aromatic carbocycles. The number of amides is 1. The van der Waals surface area contributed by atoms with E-state index in [9.17, 15) is 9.59 Å². The van der Waals surface area contributed by atoms with Crippen LogP contribution in [0.2, 0.25) is 0 Å².